The Labute approximate surface area is 154 Å². The molecule has 0 saturated carbocycles. The number of rotatable bonds is 4. The molecule has 2 rings (SSSR count). The zero-order valence-corrected chi connectivity index (χ0v) is 16.1. The van der Waals surface area contributed by atoms with Crippen LogP contribution in [-0.2, 0) is 5.41 Å². The van der Waals surface area contributed by atoms with E-state index < -0.39 is 0 Å². The Morgan fingerprint density at radius 1 is 1.04 bits per heavy atom. The van der Waals surface area contributed by atoms with Crippen molar-refractivity contribution in [1.82, 2.24) is 0 Å². The molecule has 4 nitrogen and oxygen atoms in total. The molecule has 0 heterocycles. The van der Waals surface area contributed by atoms with Crippen molar-refractivity contribution in [3.05, 3.63) is 53.6 Å². The van der Waals surface area contributed by atoms with Crippen LogP contribution in [0.3, 0.4) is 0 Å². The first-order valence-corrected chi connectivity index (χ1v) is 8.49. The van der Waals surface area contributed by atoms with Crippen molar-refractivity contribution < 1.29 is 9.53 Å². The maximum absolute atomic E-state index is 11.3. The van der Waals surface area contributed by atoms with Crippen LogP contribution < -0.4 is 15.4 Å². The summed E-state index contributed by atoms with van der Waals surface area (Å²) in [6.07, 6.45) is 0. The van der Waals surface area contributed by atoms with Gasteiger partial charge in [-0.25, -0.2) is 0 Å². The standard InChI is InChI=1S/C20H24N2O2S/c1-13(23)14-6-9-16(10-7-14)21-19(25)22-17-12-15(20(2,3)4)8-11-18(17)24-5/h6-12H,1-5H3,(H2,21,22,25). The van der Waals surface area contributed by atoms with E-state index in [9.17, 15) is 4.79 Å². The summed E-state index contributed by atoms with van der Waals surface area (Å²) in [5.74, 6) is 0.764. The third kappa shape index (κ3) is 5.03. The molecule has 0 aliphatic heterocycles. The third-order valence-corrected chi connectivity index (χ3v) is 4.07. The van der Waals surface area contributed by atoms with E-state index in [-0.39, 0.29) is 11.2 Å². The summed E-state index contributed by atoms with van der Waals surface area (Å²) in [6, 6.07) is 13.2. The molecule has 5 heteroatoms. The predicted molar refractivity (Wildman–Crippen MR) is 108 cm³/mol. The average molecular weight is 356 g/mol. The van der Waals surface area contributed by atoms with E-state index in [2.05, 4.69) is 37.5 Å². The molecule has 0 amide bonds. The number of carbonyl (C=O) groups is 1. The van der Waals surface area contributed by atoms with Crippen LogP contribution in [0.4, 0.5) is 11.4 Å². The molecule has 0 aliphatic rings. The summed E-state index contributed by atoms with van der Waals surface area (Å²) in [4.78, 5) is 11.3. The van der Waals surface area contributed by atoms with Crippen LogP contribution in [0.5, 0.6) is 5.75 Å². The highest BCUT2D eigenvalue weighted by Gasteiger charge is 2.16. The largest absolute Gasteiger partial charge is 0.495 e. The first kappa shape index (κ1) is 18.9. The number of ketones is 1. The van der Waals surface area contributed by atoms with E-state index in [4.69, 9.17) is 17.0 Å². The maximum Gasteiger partial charge on any atom is 0.175 e. The lowest BCUT2D eigenvalue weighted by atomic mass is 9.87. The van der Waals surface area contributed by atoms with E-state index in [0.717, 1.165) is 17.1 Å². The summed E-state index contributed by atoms with van der Waals surface area (Å²) in [5, 5.41) is 6.77. The van der Waals surface area contributed by atoms with Crippen LogP contribution in [0, 0.1) is 0 Å². The van der Waals surface area contributed by atoms with E-state index in [0.29, 0.717) is 10.7 Å². The Hall–Kier alpha value is -2.40. The first-order chi connectivity index (χ1) is 11.7. The highest BCUT2D eigenvalue weighted by Crippen LogP contribution is 2.31. The SMILES string of the molecule is COc1ccc(C(C)(C)C)cc1NC(=S)Nc1ccc(C(C)=O)cc1. The van der Waals surface area contributed by atoms with Crippen molar-refractivity contribution in [2.75, 3.05) is 17.7 Å². The number of anilines is 2. The average Bonchev–Trinajstić information content (AvgIpc) is 2.54. The number of methoxy groups -OCH3 is 1. The lowest BCUT2D eigenvalue weighted by molar-refractivity contribution is 0.101. The molecule has 0 unspecified atom stereocenters. The fourth-order valence-corrected chi connectivity index (χ4v) is 2.57. The van der Waals surface area contributed by atoms with Crippen LogP contribution in [0.1, 0.15) is 43.6 Å². The van der Waals surface area contributed by atoms with Gasteiger partial charge in [0.15, 0.2) is 10.9 Å². The van der Waals surface area contributed by atoms with Gasteiger partial charge in [-0.2, -0.15) is 0 Å². The van der Waals surface area contributed by atoms with Gasteiger partial charge in [-0.15, -0.1) is 0 Å². The Morgan fingerprint density at radius 2 is 1.68 bits per heavy atom. The molecule has 0 saturated heterocycles. The van der Waals surface area contributed by atoms with Gasteiger partial charge in [0.25, 0.3) is 0 Å². The fourth-order valence-electron chi connectivity index (χ4n) is 2.35. The van der Waals surface area contributed by atoms with E-state index in [1.807, 2.05) is 24.3 Å². The van der Waals surface area contributed by atoms with Gasteiger partial charge in [0.1, 0.15) is 5.75 Å². The number of ether oxygens (including phenoxy) is 1. The van der Waals surface area contributed by atoms with Gasteiger partial charge < -0.3 is 15.4 Å². The number of hydrogen-bond acceptors (Lipinski definition) is 3. The van der Waals surface area contributed by atoms with Crippen molar-refractivity contribution in [1.29, 1.82) is 0 Å². The summed E-state index contributed by atoms with van der Waals surface area (Å²) in [6.45, 7) is 8.02. The minimum atomic E-state index is 0.0280. The molecule has 0 aromatic heterocycles. The highest BCUT2D eigenvalue weighted by molar-refractivity contribution is 7.80. The zero-order chi connectivity index (χ0) is 18.6. The van der Waals surface area contributed by atoms with E-state index in [1.165, 1.54) is 5.56 Å². The van der Waals surface area contributed by atoms with Gasteiger partial charge in [0.05, 0.1) is 12.8 Å². The number of hydrogen-bond donors (Lipinski definition) is 2. The molecule has 0 bridgehead atoms. The number of Topliss-reactive ketones (excluding diaryl/α,β-unsaturated/α-hetero) is 1. The molecule has 2 aromatic carbocycles. The van der Waals surface area contributed by atoms with Gasteiger partial charge in [0.2, 0.25) is 0 Å². The molecule has 2 aromatic rings. The molecule has 0 fully saturated rings. The number of thiocarbonyl (C=S) groups is 1. The van der Waals surface area contributed by atoms with Gasteiger partial charge in [-0.05, 0) is 66.5 Å². The second-order valence-corrected chi connectivity index (χ2v) is 7.29. The quantitative estimate of drug-likeness (QED) is 0.596. The molecule has 2 N–H and O–H groups in total. The minimum Gasteiger partial charge on any atom is -0.495 e. The van der Waals surface area contributed by atoms with Crippen LogP contribution in [-0.4, -0.2) is 18.0 Å². The maximum atomic E-state index is 11.3. The second kappa shape index (κ2) is 7.66. The lowest BCUT2D eigenvalue weighted by Crippen LogP contribution is -2.20. The second-order valence-electron chi connectivity index (χ2n) is 6.88. The van der Waals surface area contributed by atoms with Crippen LogP contribution >= 0.6 is 12.2 Å². The molecule has 0 radical (unpaired) electrons. The molecule has 0 atom stereocenters. The van der Waals surface area contributed by atoms with Crippen LogP contribution in [0.25, 0.3) is 0 Å². The Bertz CT molecular complexity index is 777. The topological polar surface area (TPSA) is 50.4 Å². The highest BCUT2D eigenvalue weighted by atomic mass is 32.1. The molecule has 0 aliphatic carbocycles. The van der Waals surface area contributed by atoms with Crippen molar-refractivity contribution in [3.63, 3.8) is 0 Å². The van der Waals surface area contributed by atoms with Gasteiger partial charge in [0, 0.05) is 11.3 Å². The van der Waals surface area contributed by atoms with Crippen LogP contribution in [0.15, 0.2) is 42.5 Å². The molecular weight excluding hydrogens is 332 g/mol. The van der Waals surface area contributed by atoms with Crippen molar-refractivity contribution >= 4 is 34.5 Å². The lowest BCUT2D eigenvalue weighted by Gasteiger charge is -2.22. The number of carbonyl (C=O) groups excluding carboxylic acids is 1. The van der Waals surface area contributed by atoms with Gasteiger partial charge in [-0.1, -0.05) is 26.8 Å². The normalized spacial score (nSPS) is 10.9. The van der Waals surface area contributed by atoms with E-state index in [1.54, 1.807) is 26.2 Å². The summed E-state index contributed by atoms with van der Waals surface area (Å²) < 4.78 is 5.42. The van der Waals surface area contributed by atoms with Crippen molar-refractivity contribution in [2.24, 2.45) is 0 Å². The third-order valence-electron chi connectivity index (χ3n) is 3.86. The Morgan fingerprint density at radius 3 is 2.20 bits per heavy atom. The van der Waals surface area contributed by atoms with Crippen LogP contribution in [0.2, 0.25) is 0 Å². The van der Waals surface area contributed by atoms with Gasteiger partial charge >= 0.3 is 0 Å². The predicted octanol–water partition coefficient (Wildman–Crippen LogP) is 5.00. The number of benzene rings is 2. The molecular formula is C20H24N2O2S. The molecule has 132 valence electrons. The van der Waals surface area contributed by atoms with E-state index >= 15 is 0 Å². The summed E-state index contributed by atoms with van der Waals surface area (Å²) in [7, 11) is 1.63. The molecule has 25 heavy (non-hydrogen) atoms. The first-order valence-electron chi connectivity index (χ1n) is 8.08. The smallest absolute Gasteiger partial charge is 0.175 e. The molecule has 0 spiro atoms. The Kier molecular flexibility index (Phi) is 5.80. The number of nitrogens with one attached hydrogen (secondary N) is 2. The van der Waals surface area contributed by atoms with Crippen molar-refractivity contribution in [2.45, 2.75) is 33.1 Å². The monoisotopic (exact) mass is 356 g/mol. The Balaban J connectivity index is 2.15. The minimum absolute atomic E-state index is 0.0280. The van der Waals surface area contributed by atoms with Gasteiger partial charge in [-0.3, -0.25) is 4.79 Å². The fraction of sp³-hybridized carbons (Fsp3) is 0.300. The van der Waals surface area contributed by atoms with Crippen molar-refractivity contribution in [3.8, 4) is 5.75 Å². The zero-order valence-electron chi connectivity index (χ0n) is 15.3. The summed E-state index contributed by atoms with van der Waals surface area (Å²) >= 11 is 5.40. The summed E-state index contributed by atoms with van der Waals surface area (Å²) in [5.41, 5.74) is 3.51.